The van der Waals surface area contributed by atoms with Crippen molar-refractivity contribution < 1.29 is 32.9 Å². The molecular weight excluding hydrogens is 768 g/mol. The van der Waals surface area contributed by atoms with Crippen molar-refractivity contribution in [1.82, 2.24) is 5.32 Å². The van der Waals surface area contributed by atoms with Gasteiger partial charge in [0.2, 0.25) is 5.91 Å². The molecule has 60 heavy (non-hydrogen) atoms. The predicted molar refractivity (Wildman–Crippen MR) is 256 cm³/mol. The quantitative estimate of drug-likeness (QED) is 0.0273. The summed E-state index contributed by atoms with van der Waals surface area (Å²) < 4.78 is 23.3. The first-order valence-corrected chi connectivity index (χ1v) is 27.5. The van der Waals surface area contributed by atoms with Crippen LogP contribution in [0, 0.1) is 0 Å². The number of carbonyl (C=O) groups is 1. The highest BCUT2D eigenvalue weighted by Crippen LogP contribution is 2.38. The van der Waals surface area contributed by atoms with Gasteiger partial charge in [-0.3, -0.25) is 9.36 Å². The van der Waals surface area contributed by atoms with Crippen LogP contribution in [0.5, 0.6) is 0 Å². The van der Waals surface area contributed by atoms with Gasteiger partial charge >= 0.3 is 0 Å². The molecule has 0 radical (unpaired) electrons. The molecule has 0 spiro atoms. The lowest BCUT2D eigenvalue weighted by molar-refractivity contribution is -0.870. The molecule has 1 amide bonds. The molecule has 0 aliphatic heterocycles. The summed E-state index contributed by atoms with van der Waals surface area (Å²) in [7, 11) is 1.31. The predicted octanol–water partition coefficient (Wildman–Crippen LogP) is 14.5. The van der Waals surface area contributed by atoms with Gasteiger partial charge in [0.05, 0.1) is 39.9 Å². The summed E-state index contributed by atoms with van der Waals surface area (Å²) in [5, 5.41) is 14.0. The van der Waals surface area contributed by atoms with E-state index >= 15 is 0 Å². The van der Waals surface area contributed by atoms with Crippen molar-refractivity contribution in [2.45, 2.75) is 270 Å². The number of phosphoric acid groups is 1. The van der Waals surface area contributed by atoms with E-state index in [1.54, 1.807) is 0 Å². The number of aliphatic hydroxyl groups is 1. The zero-order valence-corrected chi connectivity index (χ0v) is 41.6. The van der Waals surface area contributed by atoms with Crippen molar-refractivity contribution in [2.24, 2.45) is 0 Å². The molecule has 0 aromatic carbocycles. The molecule has 0 aromatic rings. The number of aliphatic hydroxyl groups excluding tert-OH is 1. The second kappa shape index (κ2) is 43.5. The lowest BCUT2D eigenvalue weighted by Crippen LogP contribution is -2.46. The number of carbonyl (C=O) groups excluding carboxylic acids is 1. The molecule has 0 aliphatic carbocycles. The normalized spacial score (nSPS) is 14.2. The highest BCUT2D eigenvalue weighted by atomic mass is 31.2. The molecule has 0 saturated heterocycles. The van der Waals surface area contributed by atoms with Gasteiger partial charge in [0.15, 0.2) is 0 Å². The Bertz CT molecular complexity index is 989. The molecule has 0 saturated carbocycles. The lowest BCUT2D eigenvalue weighted by Gasteiger charge is -2.30. The summed E-state index contributed by atoms with van der Waals surface area (Å²) in [6.07, 6.45) is 50.8. The molecule has 0 bridgehead atoms. The van der Waals surface area contributed by atoms with Gasteiger partial charge < -0.3 is 28.8 Å². The van der Waals surface area contributed by atoms with E-state index in [9.17, 15) is 19.4 Å². The van der Waals surface area contributed by atoms with Crippen LogP contribution in [0.3, 0.4) is 0 Å². The minimum Gasteiger partial charge on any atom is -0.756 e. The zero-order valence-electron chi connectivity index (χ0n) is 40.7. The van der Waals surface area contributed by atoms with E-state index < -0.39 is 20.0 Å². The van der Waals surface area contributed by atoms with Crippen LogP contribution in [0.1, 0.15) is 258 Å². The van der Waals surface area contributed by atoms with Crippen LogP contribution in [0.2, 0.25) is 0 Å². The maximum Gasteiger partial charge on any atom is 0.268 e. The molecule has 0 fully saturated rings. The Morgan fingerprint density at radius 2 is 0.917 bits per heavy atom. The van der Waals surface area contributed by atoms with E-state index in [1.165, 1.54) is 193 Å². The van der Waals surface area contributed by atoms with Crippen LogP contribution in [0.25, 0.3) is 0 Å². The number of amides is 1. The number of allylic oxidation sites excluding steroid dienone is 2. The third kappa shape index (κ3) is 45.3. The van der Waals surface area contributed by atoms with E-state index in [0.717, 1.165) is 38.5 Å². The van der Waals surface area contributed by atoms with E-state index in [2.05, 4.69) is 31.3 Å². The first-order valence-electron chi connectivity index (χ1n) is 26.0. The minimum absolute atomic E-state index is 0.0135. The van der Waals surface area contributed by atoms with Crippen LogP contribution < -0.4 is 10.2 Å². The fourth-order valence-electron chi connectivity index (χ4n) is 7.86. The Labute approximate surface area is 373 Å². The fraction of sp³-hybridized carbons (Fsp3) is 0.941. The number of phosphoric ester groups is 1. The Morgan fingerprint density at radius 3 is 1.30 bits per heavy atom. The Morgan fingerprint density at radius 1 is 0.567 bits per heavy atom. The number of nitrogens with zero attached hydrogens (tertiary/aromatic N) is 1. The van der Waals surface area contributed by atoms with E-state index in [0.29, 0.717) is 23.9 Å². The monoisotopic (exact) mass is 871 g/mol. The summed E-state index contributed by atoms with van der Waals surface area (Å²) >= 11 is 0. The molecule has 3 atom stereocenters. The van der Waals surface area contributed by atoms with Gasteiger partial charge in [-0.25, -0.2) is 0 Å². The minimum atomic E-state index is -4.57. The van der Waals surface area contributed by atoms with Crippen molar-refractivity contribution >= 4 is 13.7 Å². The molecule has 0 aliphatic rings. The lowest BCUT2D eigenvalue weighted by atomic mass is 10.0. The third-order valence-electron chi connectivity index (χ3n) is 12.0. The summed E-state index contributed by atoms with van der Waals surface area (Å²) in [6.45, 7) is 4.75. The topological polar surface area (TPSA) is 108 Å². The van der Waals surface area contributed by atoms with Gasteiger partial charge in [0, 0.05) is 6.42 Å². The molecule has 0 heterocycles. The third-order valence-corrected chi connectivity index (χ3v) is 13.0. The fourth-order valence-corrected chi connectivity index (χ4v) is 8.58. The van der Waals surface area contributed by atoms with Crippen LogP contribution in [-0.2, 0) is 18.4 Å². The highest BCUT2D eigenvalue weighted by Gasteiger charge is 2.24. The van der Waals surface area contributed by atoms with Gasteiger partial charge in [-0.2, -0.15) is 0 Å². The van der Waals surface area contributed by atoms with Crippen molar-refractivity contribution in [3.05, 3.63) is 12.2 Å². The molecular formula is C51H103N2O6P. The van der Waals surface area contributed by atoms with Gasteiger partial charge in [0.25, 0.3) is 7.82 Å². The number of unbranched alkanes of at least 4 members (excludes halogenated alkanes) is 33. The number of nitrogens with one attached hydrogen (secondary N) is 1. The van der Waals surface area contributed by atoms with E-state index in [1.807, 2.05) is 21.1 Å². The molecule has 9 heteroatoms. The highest BCUT2D eigenvalue weighted by molar-refractivity contribution is 7.45. The van der Waals surface area contributed by atoms with Crippen LogP contribution in [0.4, 0.5) is 0 Å². The average Bonchev–Trinajstić information content (AvgIpc) is 3.20. The summed E-state index contributed by atoms with van der Waals surface area (Å²) in [5.41, 5.74) is 0. The first-order chi connectivity index (χ1) is 29.0. The van der Waals surface area contributed by atoms with Crippen LogP contribution in [0.15, 0.2) is 12.2 Å². The van der Waals surface area contributed by atoms with Crippen LogP contribution >= 0.6 is 7.82 Å². The summed E-state index contributed by atoms with van der Waals surface area (Å²) in [6, 6.07) is -0.799. The SMILES string of the molecule is CCCCCCCCCCCCCC/C=C\CCCCCCCCCC(=O)NC(COP(=O)([O-])OCC[N+](C)(C)C)C(O)CCCCCCCCCCCCCCCCC. The summed E-state index contributed by atoms with van der Waals surface area (Å²) in [4.78, 5) is 25.4. The molecule has 0 rings (SSSR count). The van der Waals surface area contributed by atoms with E-state index in [-0.39, 0.29) is 19.1 Å². The number of rotatable bonds is 48. The molecule has 358 valence electrons. The smallest absolute Gasteiger partial charge is 0.268 e. The number of likely N-dealkylation sites (N-methyl/N-ethyl adjacent to an activating group) is 1. The largest absolute Gasteiger partial charge is 0.756 e. The van der Waals surface area contributed by atoms with Gasteiger partial charge in [-0.1, -0.05) is 225 Å². The molecule has 8 nitrogen and oxygen atoms in total. The summed E-state index contributed by atoms with van der Waals surface area (Å²) in [5.74, 6) is -0.166. The number of quaternary nitrogens is 1. The van der Waals surface area contributed by atoms with Gasteiger partial charge in [-0.15, -0.1) is 0 Å². The molecule has 3 unspecified atom stereocenters. The number of hydrogen-bond acceptors (Lipinski definition) is 6. The second-order valence-corrected chi connectivity index (χ2v) is 20.6. The van der Waals surface area contributed by atoms with Gasteiger partial charge in [0.1, 0.15) is 13.2 Å². The maximum atomic E-state index is 12.9. The van der Waals surface area contributed by atoms with Crippen molar-refractivity contribution in [3.63, 3.8) is 0 Å². The van der Waals surface area contributed by atoms with Crippen molar-refractivity contribution in [1.29, 1.82) is 0 Å². The molecule has 0 aromatic heterocycles. The second-order valence-electron chi connectivity index (χ2n) is 19.2. The zero-order chi connectivity index (χ0) is 44.3. The maximum absolute atomic E-state index is 12.9. The Balaban J connectivity index is 4.20. The number of hydrogen-bond donors (Lipinski definition) is 2. The van der Waals surface area contributed by atoms with Crippen molar-refractivity contribution in [3.8, 4) is 0 Å². The van der Waals surface area contributed by atoms with Crippen molar-refractivity contribution in [2.75, 3.05) is 40.9 Å². The molecule has 2 N–H and O–H groups in total. The Kier molecular flexibility index (Phi) is 42.9. The first kappa shape index (κ1) is 59.2. The standard InChI is InChI=1S/C51H103N2O6P/c1-6-8-10-12-14-16-18-20-22-23-24-25-26-27-28-29-31-33-35-37-39-41-43-45-51(55)52-49(48-59-60(56,57)58-47-46-53(3,4)5)50(54)44-42-40-38-36-34-32-30-21-19-17-15-13-11-9-7-2/h27-28,49-50,54H,6-26,29-48H2,1-5H3,(H-,52,55,56,57)/b28-27-. The van der Waals surface area contributed by atoms with E-state index in [4.69, 9.17) is 9.05 Å². The average molecular weight is 871 g/mol. The van der Waals surface area contributed by atoms with Gasteiger partial charge in [-0.05, 0) is 38.5 Å². The van der Waals surface area contributed by atoms with Crippen LogP contribution in [-0.4, -0.2) is 68.5 Å². The Hall–Kier alpha value is -0.760.